The number of carbonyl (C=O) groups is 2. The lowest BCUT2D eigenvalue weighted by Crippen LogP contribution is -2.30. The molecule has 8 nitrogen and oxygen atoms in total. The lowest BCUT2D eigenvalue weighted by atomic mass is 10.2. The van der Waals surface area contributed by atoms with Crippen molar-refractivity contribution in [3.8, 4) is 5.75 Å². The van der Waals surface area contributed by atoms with Crippen LogP contribution in [0.4, 0.5) is 11.4 Å². The van der Waals surface area contributed by atoms with Crippen molar-refractivity contribution in [3.05, 3.63) is 63.2 Å². The van der Waals surface area contributed by atoms with Gasteiger partial charge >= 0.3 is 5.97 Å². The number of nitro groups is 1. The quantitative estimate of drug-likeness (QED) is 0.436. The number of para-hydroxylation sites is 2. The molecule has 27 heavy (non-hydrogen) atoms. The van der Waals surface area contributed by atoms with Crippen LogP contribution in [0.5, 0.6) is 5.75 Å². The summed E-state index contributed by atoms with van der Waals surface area (Å²) in [5.41, 5.74) is -0.0660. The van der Waals surface area contributed by atoms with E-state index in [1.807, 2.05) is 6.92 Å². The Morgan fingerprint density at radius 3 is 2.63 bits per heavy atom. The lowest BCUT2D eigenvalue weighted by molar-refractivity contribution is -0.384. The Bertz CT molecular complexity index is 871. The molecular formula is C18H17ClN2O6. The number of amides is 1. The maximum Gasteiger partial charge on any atom is 0.339 e. The van der Waals surface area contributed by atoms with Crippen LogP contribution in [-0.4, -0.2) is 29.5 Å². The number of hydrogen-bond acceptors (Lipinski definition) is 6. The van der Waals surface area contributed by atoms with Crippen molar-refractivity contribution in [2.45, 2.75) is 20.0 Å². The molecule has 0 spiro atoms. The minimum Gasteiger partial charge on any atom is -0.492 e. The molecule has 142 valence electrons. The molecule has 0 aromatic heterocycles. The first-order valence-electron chi connectivity index (χ1n) is 8.01. The maximum absolute atomic E-state index is 12.3. The van der Waals surface area contributed by atoms with E-state index < -0.39 is 28.6 Å². The molecule has 0 saturated carbocycles. The molecule has 0 heterocycles. The van der Waals surface area contributed by atoms with Crippen molar-refractivity contribution in [1.29, 1.82) is 0 Å². The third-order valence-electron chi connectivity index (χ3n) is 3.48. The summed E-state index contributed by atoms with van der Waals surface area (Å²) in [6.07, 6.45) is -1.14. The number of ether oxygens (including phenoxy) is 2. The van der Waals surface area contributed by atoms with E-state index in [9.17, 15) is 19.7 Å². The van der Waals surface area contributed by atoms with Gasteiger partial charge in [-0.25, -0.2) is 4.79 Å². The molecule has 0 aliphatic carbocycles. The standard InChI is InChI=1S/C18H17ClN2O6/c1-3-26-16-7-5-4-6-14(16)20-17(22)11(2)27-18(23)12-8-9-13(19)15(10-12)21(24)25/h4-11H,3H2,1-2H3,(H,20,22)/t11-/m1/s1. The van der Waals surface area contributed by atoms with E-state index in [1.165, 1.54) is 19.1 Å². The summed E-state index contributed by atoms with van der Waals surface area (Å²) >= 11 is 5.71. The second-order valence-corrected chi connectivity index (χ2v) is 5.80. The number of anilines is 1. The van der Waals surface area contributed by atoms with E-state index in [2.05, 4.69) is 5.32 Å². The molecule has 0 aliphatic heterocycles. The summed E-state index contributed by atoms with van der Waals surface area (Å²) in [5.74, 6) is -0.963. The van der Waals surface area contributed by atoms with Gasteiger partial charge in [-0.3, -0.25) is 14.9 Å². The number of nitro benzene ring substituents is 1. The van der Waals surface area contributed by atoms with Crippen LogP contribution in [0.2, 0.25) is 5.02 Å². The molecule has 1 N–H and O–H groups in total. The van der Waals surface area contributed by atoms with Crippen LogP contribution in [-0.2, 0) is 9.53 Å². The van der Waals surface area contributed by atoms with Gasteiger partial charge in [0, 0.05) is 6.07 Å². The van der Waals surface area contributed by atoms with Crippen LogP contribution in [0.25, 0.3) is 0 Å². The topological polar surface area (TPSA) is 108 Å². The van der Waals surface area contributed by atoms with Gasteiger partial charge in [0.2, 0.25) is 0 Å². The zero-order valence-corrected chi connectivity index (χ0v) is 15.4. The Kier molecular flexibility index (Phi) is 6.73. The second-order valence-electron chi connectivity index (χ2n) is 5.39. The van der Waals surface area contributed by atoms with Gasteiger partial charge in [-0.1, -0.05) is 23.7 Å². The highest BCUT2D eigenvalue weighted by Crippen LogP contribution is 2.26. The first kappa shape index (κ1) is 20.2. The average Bonchev–Trinajstić information content (AvgIpc) is 2.63. The summed E-state index contributed by atoms with van der Waals surface area (Å²) < 4.78 is 10.5. The Morgan fingerprint density at radius 1 is 1.26 bits per heavy atom. The predicted molar refractivity (Wildman–Crippen MR) is 99.2 cm³/mol. The van der Waals surface area contributed by atoms with E-state index in [-0.39, 0.29) is 10.6 Å². The highest BCUT2D eigenvalue weighted by Gasteiger charge is 2.22. The zero-order valence-electron chi connectivity index (χ0n) is 14.6. The van der Waals surface area contributed by atoms with Crippen molar-refractivity contribution in [2.24, 2.45) is 0 Å². The van der Waals surface area contributed by atoms with Gasteiger partial charge in [0.1, 0.15) is 10.8 Å². The van der Waals surface area contributed by atoms with Crippen LogP contribution in [0, 0.1) is 10.1 Å². The highest BCUT2D eigenvalue weighted by molar-refractivity contribution is 6.32. The number of nitrogens with zero attached hydrogens (tertiary/aromatic N) is 1. The molecule has 2 aromatic carbocycles. The first-order valence-corrected chi connectivity index (χ1v) is 8.39. The van der Waals surface area contributed by atoms with Crippen LogP contribution in [0.15, 0.2) is 42.5 Å². The fraction of sp³-hybridized carbons (Fsp3) is 0.222. The predicted octanol–water partition coefficient (Wildman–Crippen LogP) is 3.83. The zero-order chi connectivity index (χ0) is 20.0. The summed E-state index contributed by atoms with van der Waals surface area (Å²) in [5, 5.41) is 13.4. The Balaban J connectivity index is 2.07. The molecule has 1 atom stereocenters. The SMILES string of the molecule is CCOc1ccccc1NC(=O)[C@@H](C)OC(=O)c1ccc(Cl)c([N+](=O)[O-])c1. The average molecular weight is 393 g/mol. The van der Waals surface area contributed by atoms with E-state index in [1.54, 1.807) is 24.3 Å². The molecule has 0 radical (unpaired) electrons. The van der Waals surface area contributed by atoms with Crippen LogP contribution < -0.4 is 10.1 Å². The molecule has 0 bridgehead atoms. The Hall–Kier alpha value is -3.13. The van der Waals surface area contributed by atoms with E-state index in [0.717, 1.165) is 6.07 Å². The maximum atomic E-state index is 12.3. The Labute approximate surface area is 160 Å². The molecular weight excluding hydrogens is 376 g/mol. The van der Waals surface area contributed by atoms with Crippen LogP contribution >= 0.6 is 11.6 Å². The summed E-state index contributed by atoms with van der Waals surface area (Å²) in [6, 6.07) is 10.3. The lowest BCUT2D eigenvalue weighted by Gasteiger charge is -2.15. The molecule has 0 fully saturated rings. The monoisotopic (exact) mass is 392 g/mol. The molecule has 0 aliphatic rings. The van der Waals surface area contributed by atoms with E-state index >= 15 is 0 Å². The third kappa shape index (κ3) is 5.18. The van der Waals surface area contributed by atoms with Gasteiger partial charge < -0.3 is 14.8 Å². The molecule has 9 heteroatoms. The number of carbonyl (C=O) groups excluding carboxylic acids is 2. The molecule has 2 rings (SSSR count). The summed E-state index contributed by atoms with van der Waals surface area (Å²) in [6.45, 7) is 3.63. The number of nitrogens with one attached hydrogen (secondary N) is 1. The van der Waals surface area contributed by atoms with Gasteiger partial charge in [0.15, 0.2) is 6.10 Å². The molecule has 0 unspecified atom stereocenters. The normalized spacial score (nSPS) is 11.4. The number of esters is 1. The van der Waals surface area contributed by atoms with Crippen molar-refractivity contribution in [2.75, 3.05) is 11.9 Å². The van der Waals surface area contributed by atoms with Crippen LogP contribution in [0.1, 0.15) is 24.2 Å². The molecule has 0 saturated heterocycles. The summed E-state index contributed by atoms with van der Waals surface area (Å²) in [7, 11) is 0. The van der Waals surface area contributed by atoms with Crippen molar-refractivity contribution in [3.63, 3.8) is 0 Å². The first-order chi connectivity index (χ1) is 12.8. The number of rotatable bonds is 7. The number of benzene rings is 2. The van der Waals surface area contributed by atoms with Gasteiger partial charge in [0.25, 0.3) is 11.6 Å². The van der Waals surface area contributed by atoms with Crippen molar-refractivity contribution >= 4 is 34.9 Å². The fourth-order valence-corrected chi connectivity index (χ4v) is 2.33. The number of hydrogen-bond donors (Lipinski definition) is 1. The fourth-order valence-electron chi connectivity index (χ4n) is 2.15. The highest BCUT2D eigenvalue weighted by atomic mass is 35.5. The van der Waals surface area contributed by atoms with Gasteiger partial charge in [-0.2, -0.15) is 0 Å². The van der Waals surface area contributed by atoms with Crippen LogP contribution in [0.3, 0.4) is 0 Å². The van der Waals surface area contributed by atoms with E-state index in [0.29, 0.717) is 18.0 Å². The van der Waals surface area contributed by atoms with Gasteiger partial charge in [-0.15, -0.1) is 0 Å². The summed E-state index contributed by atoms with van der Waals surface area (Å²) in [4.78, 5) is 34.7. The van der Waals surface area contributed by atoms with Gasteiger partial charge in [-0.05, 0) is 38.1 Å². The minimum atomic E-state index is -1.14. The third-order valence-corrected chi connectivity index (χ3v) is 3.80. The minimum absolute atomic E-state index is 0.0829. The van der Waals surface area contributed by atoms with Gasteiger partial charge in [0.05, 0.1) is 22.8 Å². The Morgan fingerprint density at radius 2 is 1.96 bits per heavy atom. The molecule has 1 amide bonds. The van der Waals surface area contributed by atoms with E-state index in [4.69, 9.17) is 21.1 Å². The number of halogens is 1. The molecule has 2 aromatic rings. The van der Waals surface area contributed by atoms with Crippen molar-refractivity contribution < 1.29 is 24.0 Å². The smallest absolute Gasteiger partial charge is 0.339 e. The van der Waals surface area contributed by atoms with Crippen molar-refractivity contribution in [1.82, 2.24) is 0 Å². The second kappa shape index (κ2) is 9.00. The largest absolute Gasteiger partial charge is 0.492 e.